The van der Waals surface area contributed by atoms with Crippen molar-refractivity contribution in [2.75, 3.05) is 17.1 Å². The fourth-order valence-electron chi connectivity index (χ4n) is 4.23. The third-order valence-electron chi connectivity index (χ3n) is 6.13. The standard InChI is InChI=1S/C29H33BrClN3O4S/c1-20(2)32-29(36)27(17-22-10-6-5-7-11-22)33(18-23-12-8-13-24(30)16-23)28(35)19-34(39(4,37)38)26-15-9-14-25(31)21(26)3/h5-16,20,27H,17-19H2,1-4H3,(H,32,36)/t27-/m0/s1. The van der Waals surface area contributed by atoms with E-state index >= 15 is 0 Å². The SMILES string of the molecule is Cc1c(Cl)cccc1N(CC(=O)N(Cc1cccc(Br)c1)[C@@H](Cc1ccccc1)C(=O)NC(C)C)S(C)(=O)=O. The van der Waals surface area contributed by atoms with Gasteiger partial charge in [-0.15, -0.1) is 0 Å². The van der Waals surface area contributed by atoms with Gasteiger partial charge in [-0.05, 0) is 61.7 Å². The highest BCUT2D eigenvalue weighted by Gasteiger charge is 2.33. The van der Waals surface area contributed by atoms with Crippen LogP contribution in [0, 0.1) is 6.92 Å². The lowest BCUT2D eigenvalue weighted by Crippen LogP contribution is -2.54. The van der Waals surface area contributed by atoms with Crippen LogP contribution in [0.2, 0.25) is 5.02 Å². The van der Waals surface area contributed by atoms with Crippen molar-refractivity contribution < 1.29 is 18.0 Å². The molecule has 0 aliphatic carbocycles. The van der Waals surface area contributed by atoms with Crippen LogP contribution in [-0.2, 0) is 32.6 Å². The second kappa shape index (κ2) is 13.5. The Morgan fingerprint density at radius 2 is 1.62 bits per heavy atom. The first-order valence-corrected chi connectivity index (χ1v) is 15.5. The van der Waals surface area contributed by atoms with Crippen molar-refractivity contribution in [2.24, 2.45) is 0 Å². The molecule has 0 unspecified atom stereocenters. The molecule has 0 radical (unpaired) electrons. The lowest BCUT2D eigenvalue weighted by Gasteiger charge is -2.34. The Balaban J connectivity index is 2.08. The zero-order chi connectivity index (χ0) is 28.7. The summed E-state index contributed by atoms with van der Waals surface area (Å²) in [6.07, 6.45) is 1.31. The van der Waals surface area contributed by atoms with Crippen LogP contribution in [0.15, 0.2) is 77.3 Å². The van der Waals surface area contributed by atoms with E-state index < -0.39 is 28.5 Å². The van der Waals surface area contributed by atoms with Gasteiger partial charge in [0.05, 0.1) is 11.9 Å². The molecule has 3 aromatic carbocycles. The number of carbonyl (C=O) groups is 2. The lowest BCUT2D eigenvalue weighted by atomic mass is 10.0. The van der Waals surface area contributed by atoms with Crippen LogP contribution in [0.1, 0.15) is 30.5 Å². The maximum Gasteiger partial charge on any atom is 0.244 e. The topological polar surface area (TPSA) is 86.8 Å². The van der Waals surface area contributed by atoms with E-state index in [1.165, 1.54) is 4.90 Å². The van der Waals surface area contributed by atoms with Gasteiger partial charge in [-0.3, -0.25) is 13.9 Å². The zero-order valence-corrected chi connectivity index (χ0v) is 25.6. The van der Waals surface area contributed by atoms with Gasteiger partial charge in [0.2, 0.25) is 21.8 Å². The van der Waals surface area contributed by atoms with Crippen LogP contribution in [0.25, 0.3) is 0 Å². The molecule has 0 saturated carbocycles. The lowest BCUT2D eigenvalue weighted by molar-refractivity contribution is -0.140. The molecule has 3 rings (SSSR count). The van der Waals surface area contributed by atoms with E-state index in [-0.39, 0.29) is 24.9 Å². The van der Waals surface area contributed by atoms with E-state index in [2.05, 4.69) is 21.2 Å². The van der Waals surface area contributed by atoms with Gasteiger partial charge in [-0.2, -0.15) is 0 Å². The van der Waals surface area contributed by atoms with Crippen LogP contribution in [0.4, 0.5) is 5.69 Å². The minimum absolute atomic E-state index is 0.105. The number of benzene rings is 3. The van der Waals surface area contributed by atoms with E-state index in [1.807, 2.05) is 68.4 Å². The third-order valence-corrected chi connectivity index (χ3v) is 8.16. The van der Waals surface area contributed by atoms with Crippen molar-refractivity contribution in [2.45, 2.75) is 45.8 Å². The van der Waals surface area contributed by atoms with Crippen LogP contribution < -0.4 is 9.62 Å². The quantitative estimate of drug-likeness (QED) is 0.309. The predicted molar refractivity (Wildman–Crippen MR) is 160 cm³/mol. The molecule has 0 fully saturated rings. The summed E-state index contributed by atoms with van der Waals surface area (Å²) in [5, 5.41) is 3.32. The average molecular weight is 635 g/mol. The number of nitrogens with zero attached hydrogens (tertiary/aromatic N) is 2. The summed E-state index contributed by atoms with van der Waals surface area (Å²) >= 11 is 9.76. The van der Waals surface area contributed by atoms with Crippen molar-refractivity contribution in [1.82, 2.24) is 10.2 Å². The van der Waals surface area contributed by atoms with Gasteiger partial charge in [0, 0.05) is 28.5 Å². The van der Waals surface area contributed by atoms with E-state index in [0.717, 1.165) is 26.2 Å². The van der Waals surface area contributed by atoms with Crippen molar-refractivity contribution in [3.8, 4) is 0 Å². The molecule has 10 heteroatoms. The summed E-state index contributed by atoms with van der Waals surface area (Å²) in [5.41, 5.74) is 2.51. The second-order valence-electron chi connectivity index (χ2n) is 9.67. The van der Waals surface area contributed by atoms with Crippen molar-refractivity contribution in [3.63, 3.8) is 0 Å². The van der Waals surface area contributed by atoms with Crippen molar-refractivity contribution >= 4 is 55.1 Å². The van der Waals surface area contributed by atoms with Gasteiger partial charge in [0.1, 0.15) is 12.6 Å². The molecular weight excluding hydrogens is 602 g/mol. The predicted octanol–water partition coefficient (Wildman–Crippen LogP) is 5.34. The Labute approximate surface area is 244 Å². The molecular formula is C29H33BrClN3O4S. The molecule has 0 saturated heterocycles. The number of hydrogen-bond acceptors (Lipinski definition) is 4. The van der Waals surface area contributed by atoms with Gasteiger partial charge in [-0.25, -0.2) is 8.42 Å². The largest absolute Gasteiger partial charge is 0.352 e. The Morgan fingerprint density at radius 3 is 2.23 bits per heavy atom. The number of halogens is 2. The Morgan fingerprint density at radius 1 is 0.974 bits per heavy atom. The number of sulfonamides is 1. The van der Waals surface area contributed by atoms with Gasteiger partial charge >= 0.3 is 0 Å². The van der Waals surface area contributed by atoms with E-state index in [9.17, 15) is 18.0 Å². The summed E-state index contributed by atoms with van der Waals surface area (Å²) < 4.78 is 27.7. The van der Waals surface area contributed by atoms with Gasteiger partial charge in [0.25, 0.3) is 0 Å². The maximum atomic E-state index is 14.1. The Bertz CT molecular complexity index is 1420. The molecule has 39 heavy (non-hydrogen) atoms. The fraction of sp³-hybridized carbons (Fsp3) is 0.310. The van der Waals surface area contributed by atoms with E-state index in [4.69, 9.17) is 11.6 Å². The summed E-state index contributed by atoms with van der Waals surface area (Å²) in [5.74, 6) is -0.832. The zero-order valence-electron chi connectivity index (χ0n) is 22.4. The third kappa shape index (κ3) is 8.55. The first-order valence-electron chi connectivity index (χ1n) is 12.5. The smallest absolute Gasteiger partial charge is 0.244 e. The van der Waals surface area contributed by atoms with Gasteiger partial charge in [0.15, 0.2) is 0 Å². The van der Waals surface area contributed by atoms with Gasteiger partial charge in [-0.1, -0.05) is 76.1 Å². The highest BCUT2D eigenvalue weighted by Crippen LogP contribution is 2.29. The summed E-state index contributed by atoms with van der Waals surface area (Å²) in [7, 11) is -3.87. The molecule has 208 valence electrons. The summed E-state index contributed by atoms with van der Waals surface area (Å²) in [4.78, 5) is 29.1. The van der Waals surface area contributed by atoms with Crippen LogP contribution in [-0.4, -0.2) is 50.0 Å². The molecule has 0 heterocycles. The number of hydrogen-bond donors (Lipinski definition) is 1. The number of amides is 2. The monoisotopic (exact) mass is 633 g/mol. The molecule has 2 amide bonds. The normalized spacial score (nSPS) is 12.2. The van der Waals surface area contributed by atoms with Gasteiger partial charge < -0.3 is 10.2 Å². The summed E-state index contributed by atoms with van der Waals surface area (Å²) in [6, 6.07) is 20.8. The molecule has 0 spiro atoms. The molecule has 7 nitrogen and oxygen atoms in total. The molecule has 0 aromatic heterocycles. The van der Waals surface area contributed by atoms with Crippen LogP contribution in [0.5, 0.6) is 0 Å². The second-order valence-corrected chi connectivity index (χ2v) is 12.9. The van der Waals surface area contributed by atoms with Crippen LogP contribution >= 0.6 is 27.5 Å². The van der Waals surface area contributed by atoms with Crippen LogP contribution in [0.3, 0.4) is 0 Å². The van der Waals surface area contributed by atoms with E-state index in [0.29, 0.717) is 16.3 Å². The maximum absolute atomic E-state index is 14.1. The minimum Gasteiger partial charge on any atom is -0.352 e. The Hall–Kier alpha value is -2.88. The number of carbonyl (C=O) groups excluding carboxylic acids is 2. The van der Waals surface area contributed by atoms with Crippen molar-refractivity contribution in [1.29, 1.82) is 0 Å². The number of anilines is 1. The fourth-order valence-corrected chi connectivity index (χ4v) is 5.74. The molecule has 0 aliphatic rings. The summed E-state index contributed by atoms with van der Waals surface area (Å²) in [6.45, 7) is 5.02. The molecule has 3 aromatic rings. The first-order chi connectivity index (χ1) is 18.4. The minimum atomic E-state index is -3.87. The van der Waals surface area contributed by atoms with Crippen molar-refractivity contribution in [3.05, 3.63) is 99.0 Å². The van der Waals surface area contributed by atoms with E-state index in [1.54, 1.807) is 25.1 Å². The molecule has 0 aliphatic heterocycles. The average Bonchev–Trinajstić information content (AvgIpc) is 2.86. The highest BCUT2D eigenvalue weighted by atomic mass is 79.9. The Kier molecular flexibility index (Phi) is 10.6. The number of rotatable bonds is 11. The molecule has 1 atom stereocenters. The first kappa shape index (κ1) is 30.7. The highest BCUT2D eigenvalue weighted by molar-refractivity contribution is 9.10. The molecule has 1 N–H and O–H groups in total. The number of nitrogens with one attached hydrogen (secondary N) is 1. The molecule has 0 bridgehead atoms.